The number of nitrogens with one attached hydrogen (secondary N) is 3. The summed E-state index contributed by atoms with van der Waals surface area (Å²) < 4.78 is 33.8. The molecule has 0 aliphatic heterocycles. The van der Waals surface area contributed by atoms with Crippen molar-refractivity contribution < 1.29 is 22.7 Å². The van der Waals surface area contributed by atoms with Gasteiger partial charge in [0, 0.05) is 41.0 Å². The molecule has 0 aliphatic carbocycles. The maximum absolute atomic E-state index is 13.6. The molecule has 2 aromatic heterocycles. The zero-order chi connectivity index (χ0) is 35.9. The Labute approximate surface area is 297 Å². The Morgan fingerprint density at radius 3 is 2.42 bits per heavy atom. The fourth-order valence-electron chi connectivity index (χ4n) is 5.43. The monoisotopic (exact) mass is 716 g/mol. The quantitative estimate of drug-likeness (QED) is 0.110. The highest BCUT2D eigenvalue weighted by molar-refractivity contribution is 7.90. The normalized spacial score (nSPS) is 12.3. The number of nitrogens with zero attached hydrogens (tertiary/aromatic N) is 3. The predicted octanol–water partition coefficient (Wildman–Crippen LogP) is 8.39. The summed E-state index contributed by atoms with van der Waals surface area (Å²) in [7, 11) is -3.91. The van der Waals surface area contributed by atoms with Gasteiger partial charge in [0.15, 0.2) is 0 Å². The fourth-order valence-corrected chi connectivity index (χ4v) is 7.01. The average molecular weight is 717 g/mol. The Hall–Kier alpha value is -4.94. The van der Waals surface area contributed by atoms with Crippen LogP contribution in [0.15, 0.2) is 96.2 Å². The lowest BCUT2D eigenvalue weighted by molar-refractivity contribution is -0.120. The number of anilines is 3. The van der Waals surface area contributed by atoms with E-state index in [0.29, 0.717) is 52.9 Å². The van der Waals surface area contributed by atoms with Crippen molar-refractivity contribution in [3.8, 4) is 11.3 Å². The molecule has 0 spiro atoms. The maximum Gasteiger partial charge on any atom is 0.407 e. The van der Waals surface area contributed by atoms with Gasteiger partial charge in [0.05, 0.1) is 27.3 Å². The van der Waals surface area contributed by atoms with Crippen LogP contribution in [0.4, 0.5) is 22.1 Å². The van der Waals surface area contributed by atoms with Crippen LogP contribution in [0.3, 0.4) is 0 Å². The van der Waals surface area contributed by atoms with E-state index in [-0.39, 0.29) is 27.7 Å². The van der Waals surface area contributed by atoms with E-state index in [4.69, 9.17) is 16.3 Å². The van der Waals surface area contributed by atoms with Crippen molar-refractivity contribution in [2.75, 3.05) is 17.2 Å². The molecular weight excluding hydrogens is 676 g/mol. The summed E-state index contributed by atoms with van der Waals surface area (Å²) in [4.78, 5) is 34.6. The standard InChI is InChI=1S/C37H41ClN6O5S/c1-5-6-13-25(20-21-39-36(46)49-37(2,3)4)34(45)41-26-14-12-15-27(22-26)42-35-40-23-31(38)33(43-35)30-24-44(32-19-11-10-18-29(30)32)50(47,48)28-16-8-7-9-17-28/h7-12,14-19,22-25H,5-6,13,20-21H2,1-4H3,(H,39,46)(H,41,45)(H,40,42,43). The highest BCUT2D eigenvalue weighted by Gasteiger charge is 2.24. The molecule has 5 aromatic rings. The van der Waals surface area contributed by atoms with Gasteiger partial charge in [0.1, 0.15) is 5.60 Å². The van der Waals surface area contributed by atoms with Gasteiger partial charge >= 0.3 is 6.09 Å². The van der Waals surface area contributed by atoms with Crippen molar-refractivity contribution in [1.29, 1.82) is 0 Å². The van der Waals surface area contributed by atoms with Crippen molar-refractivity contribution in [2.45, 2.75) is 63.9 Å². The number of aromatic nitrogens is 3. The summed E-state index contributed by atoms with van der Waals surface area (Å²) in [6.07, 6.45) is 5.43. The molecule has 2 amide bonds. The first kappa shape index (κ1) is 36.3. The first-order valence-corrected chi connectivity index (χ1v) is 18.3. The molecule has 5 rings (SSSR count). The minimum absolute atomic E-state index is 0.145. The number of benzene rings is 3. The number of unbranched alkanes of at least 4 members (excludes halogenated alkanes) is 1. The highest BCUT2D eigenvalue weighted by atomic mass is 35.5. The number of carbonyl (C=O) groups excluding carboxylic acids is 2. The van der Waals surface area contributed by atoms with Crippen LogP contribution < -0.4 is 16.0 Å². The molecule has 0 aliphatic rings. The van der Waals surface area contributed by atoms with Crippen molar-refractivity contribution in [1.82, 2.24) is 19.3 Å². The van der Waals surface area contributed by atoms with Crippen LogP contribution in [0.1, 0.15) is 53.4 Å². The van der Waals surface area contributed by atoms with Crippen LogP contribution in [-0.2, 0) is 19.6 Å². The lowest BCUT2D eigenvalue weighted by atomic mass is 9.97. The van der Waals surface area contributed by atoms with Crippen molar-refractivity contribution >= 4 is 61.9 Å². The number of carbonyl (C=O) groups is 2. The summed E-state index contributed by atoms with van der Waals surface area (Å²) in [5.74, 6) is -0.227. The van der Waals surface area contributed by atoms with Crippen molar-refractivity contribution in [3.05, 3.63) is 96.3 Å². The predicted molar refractivity (Wildman–Crippen MR) is 197 cm³/mol. The second-order valence-corrected chi connectivity index (χ2v) is 15.0. The van der Waals surface area contributed by atoms with E-state index in [1.807, 2.05) is 18.2 Å². The zero-order valence-electron chi connectivity index (χ0n) is 28.4. The Morgan fingerprint density at radius 1 is 0.960 bits per heavy atom. The Morgan fingerprint density at radius 2 is 1.68 bits per heavy atom. The molecule has 262 valence electrons. The maximum atomic E-state index is 13.6. The number of halogens is 1. The molecule has 1 atom stereocenters. The third-order valence-corrected chi connectivity index (χ3v) is 9.77. The lowest BCUT2D eigenvalue weighted by Crippen LogP contribution is -2.34. The van der Waals surface area contributed by atoms with Crippen LogP contribution in [0.5, 0.6) is 0 Å². The second kappa shape index (κ2) is 15.7. The van der Waals surface area contributed by atoms with Crippen LogP contribution in [0.2, 0.25) is 5.02 Å². The topological polar surface area (TPSA) is 144 Å². The average Bonchev–Trinajstić information content (AvgIpc) is 3.47. The lowest BCUT2D eigenvalue weighted by Gasteiger charge is -2.21. The van der Waals surface area contributed by atoms with Crippen LogP contribution in [0.25, 0.3) is 22.2 Å². The largest absolute Gasteiger partial charge is 0.444 e. The van der Waals surface area contributed by atoms with Gasteiger partial charge in [-0.3, -0.25) is 4.79 Å². The third kappa shape index (κ3) is 8.99. The first-order chi connectivity index (χ1) is 23.9. The molecule has 3 N–H and O–H groups in total. The van der Waals surface area contributed by atoms with Gasteiger partial charge in [-0.15, -0.1) is 0 Å². The minimum Gasteiger partial charge on any atom is -0.444 e. The summed E-state index contributed by atoms with van der Waals surface area (Å²) >= 11 is 6.62. The van der Waals surface area contributed by atoms with Crippen LogP contribution in [0, 0.1) is 5.92 Å². The van der Waals surface area contributed by atoms with E-state index in [1.165, 1.54) is 16.4 Å². The molecule has 1 unspecified atom stereocenters. The molecule has 2 heterocycles. The van der Waals surface area contributed by atoms with Gasteiger partial charge < -0.3 is 20.7 Å². The van der Waals surface area contributed by atoms with E-state index in [1.54, 1.807) is 81.4 Å². The SMILES string of the molecule is CCCCC(CCNC(=O)OC(C)(C)C)C(=O)Nc1cccc(Nc2ncc(Cl)c(-c3cn(S(=O)(=O)c4ccccc4)c4ccccc34)n2)c1. The zero-order valence-corrected chi connectivity index (χ0v) is 30.0. The van der Waals surface area contributed by atoms with E-state index in [2.05, 4.69) is 32.8 Å². The molecule has 3 aromatic carbocycles. The number of rotatable bonds is 13. The number of fused-ring (bicyclic) bond motifs is 1. The van der Waals surface area contributed by atoms with Gasteiger partial charge in [-0.25, -0.2) is 27.2 Å². The molecule has 0 saturated heterocycles. The summed E-state index contributed by atoms with van der Waals surface area (Å²) in [6.45, 7) is 7.77. The van der Waals surface area contributed by atoms with Crippen molar-refractivity contribution in [2.24, 2.45) is 5.92 Å². The molecular formula is C37H41ClN6O5S. The Bertz CT molecular complexity index is 2080. The number of alkyl carbamates (subject to hydrolysis) is 1. The molecule has 0 radical (unpaired) electrons. The van der Waals surface area contributed by atoms with Gasteiger partial charge in [0.2, 0.25) is 11.9 Å². The van der Waals surface area contributed by atoms with Gasteiger partial charge in [-0.2, -0.15) is 0 Å². The first-order valence-electron chi connectivity index (χ1n) is 16.4. The van der Waals surface area contributed by atoms with E-state index in [0.717, 1.165) is 12.8 Å². The smallest absolute Gasteiger partial charge is 0.407 e. The molecule has 0 saturated carbocycles. The van der Waals surface area contributed by atoms with E-state index >= 15 is 0 Å². The van der Waals surface area contributed by atoms with Crippen LogP contribution in [-0.4, -0.2) is 46.5 Å². The molecule has 11 nitrogen and oxygen atoms in total. The van der Waals surface area contributed by atoms with E-state index < -0.39 is 21.7 Å². The molecule has 13 heteroatoms. The fraction of sp³-hybridized carbons (Fsp3) is 0.297. The summed E-state index contributed by atoms with van der Waals surface area (Å²) in [6, 6.07) is 22.5. The van der Waals surface area contributed by atoms with Crippen LogP contribution >= 0.6 is 11.6 Å². The minimum atomic E-state index is -3.91. The Kier molecular flexibility index (Phi) is 11.4. The number of hydrogen-bond acceptors (Lipinski definition) is 8. The third-order valence-electron chi connectivity index (χ3n) is 7.80. The summed E-state index contributed by atoms with van der Waals surface area (Å²) in [5.41, 5.74) is 1.94. The molecule has 0 fully saturated rings. The second-order valence-electron chi connectivity index (χ2n) is 12.8. The Balaban J connectivity index is 1.34. The van der Waals surface area contributed by atoms with Gasteiger partial charge in [-0.1, -0.05) is 73.8 Å². The number of para-hydroxylation sites is 1. The van der Waals surface area contributed by atoms with Gasteiger partial charge in [-0.05, 0) is 70.0 Å². The molecule has 0 bridgehead atoms. The number of amides is 2. The highest BCUT2D eigenvalue weighted by Crippen LogP contribution is 2.36. The van der Waals surface area contributed by atoms with E-state index in [9.17, 15) is 18.0 Å². The van der Waals surface area contributed by atoms with Crippen molar-refractivity contribution in [3.63, 3.8) is 0 Å². The number of ether oxygens (including phenoxy) is 1. The summed E-state index contributed by atoms with van der Waals surface area (Å²) in [5, 5.41) is 9.82. The number of hydrogen-bond donors (Lipinski definition) is 3. The molecule has 50 heavy (non-hydrogen) atoms. The van der Waals surface area contributed by atoms with Gasteiger partial charge in [0.25, 0.3) is 10.0 Å².